The van der Waals surface area contributed by atoms with Gasteiger partial charge in [0.05, 0.1) is 47.7 Å². The van der Waals surface area contributed by atoms with E-state index in [-0.39, 0.29) is 29.9 Å². The van der Waals surface area contributed by atoms with Gasteiger partial charge in [0, 0.05) is 19.1 Å². The van der Waals surface area contributed by atoms with Crippen LogP contribution in [0.1, 0.15) is 86.2 Å². The van der Waals surface area contributed by atoms with Crippen molar-refractivity contribution in [1.29, 1.82) is 0 Å². The highest BCUT2D eigenvalue weighted by Gasteiger charge is 2.45. The van der Waals surface area contributed by atoms with Gasteiger partial charge in [0.1, 0.15) is 17.7 Å². The Bertz CT molecular complexity index is 2540. The fourth-order valence-corrected chi connectivity index (χ4v) is 10.0. The third-order valence-electron chi connectivity index (χ3n) is 13.1. The fourth-order valence-electron chi connectivity index (χ4n) is 10.0. The lowest BCUT2D eigenvalue weighted by Crippen LogP contribution is -2.54. The van der Waals surface area contributed by atoms with E-state index in [1.165, 1.54) is 25.5 Å². The number of H-pyrrole nitrogens is 2. The summed E-state index contributed by atoms with van der Waals surface area (Å²) in [4.78, 5) is 62.7. The number of alkyl carbamates (subject to hydrolysis) is 1. The van der Waals surface area contributed by atoms with Crippen LogP contribution in [-0.2, 0) is 27.3 Å². The number of aromatic amines is 2. The number of imidazole rings is 2. The molecular formula is C47H50N8O4. The maximum Gasteiger partial charge on any atom is 0.407 e. The first-order valence-electron chi connectivity index (χ1n) is 21.2. The number of rotatable bonds is 9. The van der Waals surface area contributed by atoms with E-state index in [0.29, 0.717) is 12.8 Å². The first-order valence-corrected chi connectivity index (χ1v) is 21.2. The molecule has 10 rings (SSSR count). The van der Waals surface area contributed by atoms with Gasteiger partial charge in [-0.05, 0) is 122 Å². The number of hydrogen-bond acceptors (Lipinski definition) is 7. The monoisotopic (exact) mass is 790 g/mol. The van der Waals surface area contributed by atoms with E-state index in [0.717, 1.165) is 120 Å². The summed E-state index contributed by atoms with van der Waals surface area (Å²) in [5.41, 5.74) is 10.4. The molecule has 6 heterocycles. The van der Waals surface area contributed by atoms with Crippen molar-refractivity contribution >= 4 is 40.0 Å². The molecule has 12 nitrogen and oxygen atoms in total. The molecule has 0 unspecified atom stereocenters. The molecule has 4 atom stereocenters. The number of fused-ring (bicyclic) bond motifs is 3. The number of benzene rings is 4. The molecule has 59 heavy (non-hydrogen) atoms. The van der Waals surface area contributed by atoms with Crippen LogP contribution in [0.15, 0.2) is 84.9 Å². The molecule has 3 N–H and O–H groups in total. The maximum absolute atomic E-state index is 13.8. The lowest BCUT2D eigenvalue weighted by molar-refractivity contribution is -0.139. The van der Waals surface area contributed by atoms with Gasteiger partial charge in [-0.1, -0.05) is 60.7 Å². The van der Waals surface area contributed by atoms with Gasteiger partial charge in [-0.15, -0.1) is 0 Å². The van der Waals surface area contributed by atoms with Crippen molar-refractivity contribution in [2.24, 2.45) is 0 Å². The maximum atomic E-state index is 13.8. The molecule has 0 radical (unpaired) electrons. The van der Waals surface area contributed by atoms with E-state index in [2.05, 4.69) is 93.0 Å². The second-order valence-electron chi connectivity index (χ2n) is 16.7. The van der Waals surface area contributed by atoms with E-state index in [4.69, 9.17) is 14.7 Å². The molecule has 0 aliphatic carbocycles. The number of carbonyl (C=O) groups excluding carboxylic acids is 3. The number of likely N-dealkylation sites (tertiary alicyclic amines) is 2. The number of methoxy groups -OCH3 is 1. The molecule has 0 spiro atoms. The summed E-state index contributed by atoms with van der Waals surface area (Å²) < 4.78 is 4.76. The fraction of sp³-hybridized carbons (Fsp3) is 0.383. The number of hydrogen-bond donors (Lipinski definition) is 3. The Kier molecular flexibility index (Phi) is 9.88. The molecule has 4 aliphatic heterocycles. The molecule has 4 aromatic carbocycles. The summed E-state index contributed by atoms with van der Waals surface area (Å²) in [7, 11) is 1.31. The molecule has 4 saturated heterocycles. The molecule has 4 fully saturated rings. The predicted octanol–water partition coefficient (Wildman–Crippen LogP) is 7.83. The van der Waals surface area contributed by atoms with Crippen LogP contribution in [-0.4, -0.2) is 91.4 Å². The molecule has 4 aliphatic rings. The van der Waals surface area contributed by atoms with E-state index in [1.807, 2.05) is 21.9 Å². The Morgan fingerprint density at radius 1 is 0.712 bits per heavy atom. The average molecular weight is 791 g/mol. The van der Waals surface area contributed by atoms with Crippen LogP contribution in [0.2, 0.25) is 0 Å². The van der Waals surface area contributed by atoms with Crippen LogP contribution >= 0.6 is 0 Å². The van der Waals surface area contributed by atoms with Crippen molar-refractivity contribution in [2.45, 2.75) is 88.5 Å². The number of nitrogens with one attached hydrogen (secondary N) is 3. The minimum atomic E-state index is -0.586. The van der Waals surface area contributed by atoms with Crippen molar-refractivity contribution in [3.8, 4) is 22.3 Å². The third kappa shape index (κ3) is 7.24. The molecule has 3 amide bonds. The first kappa shape index (κ1) is 37.3. The average Bonchev–Trinajstić information content (AvgIpc) is 4.12. The Balaban J connectivity index is 0.826. The summed E-state index contributed by atoms with van der Waals surface area (Å²) >= 11 is 0. The highest BCUT2D eigenvalue weighted by atomic mass is 16.5. The van der Waals surface area contributed by atoms with Crippen molar-refractivity contribution in [3.05, 3.63) is 108 Å². The molecule has 6 aromatic rings. The summed E-state index contributed by atoms with van der Waals surface area (Å²) in [6.45, 7) is 3.93. The quantitative estimate of drug-likeness (QED) is 0.136. The zero-order chi connectivity index (χ0) is 40.0. The molecule has 302 valence electrons. The summed E-state index contributed by atoms with van der Waals surface area (Å²) in [6.07, 6.45) is 7.40. The molecular weight excluding hydrogens is 741 g/mol. The van der Waals surface area contributed by atoms with Gasteiger partial charge in [-0.2, -0.15) is 0 Å². The zero-order valence-electron chi connectivity index (χ0n) is 33.5. The Morgan fingerprint density at radius 2 is 1.32 bits per heavy atom. The van der Waals surface area contributed by atoms with Crippen LogP contribution in [0.5, 0.6) is 0 Å². The SMILES string of the molecule is COC(=O)N[C@H]1CC[C@H]2CC[C@@H](c3nc4ccc(-c5ccc(-c6ccc7nc([C@@H]8CCCN8C(=O)Cc8ccccc8CN8CCCC8)[nH]c7c6)cc5)cc4[nH]3)N2C1=O. The van der Waals surface area contributed by atoms with E-state index >= 15 is 0 Å². The van der Waals surface area contributed by atoms with E-state index in [1.54, 1.807) is 0 Å². The van der Waals surface area contributed by atoms with E-state index < -0.39 is 12.1 Å². The highest BCUT2D eigenvalue weighted by Crippen LogP contribution is 2.41. The zero-order valence-corrected chi connectivity index (χ0v) is 33.5. The second kappa shape index (κ2) is 15.6. The van der Waals surface area contributed by atoms with Crippen LogP contribution in [0.4, 0.5) is 4.79 Å². The summed E-state index contributed by atoms with van der Waals surface area (Å²) in [5, 5.41) is 2.71. The van der Waals surface area contributed by atoms with Crippen molar-refractivity contribution in [1.82, 2.24) is 40.0 Å². The summed E-state index contributed by atoms with van der Waals surface area (Å²) in [5.74, 6) is 1.73. The molecule has 12 heteroatoms. The van der Waals surface area contributed by atoms with Gasteiger partial charge in [0.15, 0.2) is 0 Å². The predicted molar refractivity (Wildman–Crippen MR) is 226 cm³/mol. The standard InChI is InChI=1S/C47H50N8O4/c1-59-47(58)52-38-20-16-35-17-21-42(55(35)46(38)57)45-49-37-19-15-33(26-40(37)51-45)30-12-10-29(11-13-30)32-14-18-36-39(25-32)50-44(48-36)41-9-6-24-54(41)43(56)27-31-7-2-3-8-34(31)28-53-22-4-5-23-53/h2-3,7-8,10-15,18-19,25-26,35,38,41-42H,4-6,9,16-17,20-24,27-28H2,1H3,(H,48,50)(H,49,51)(H,52,58)/t35-,38-,41-,42-/m0/s1. The lowest BCUT2D eigenvalue weighted by atomic mass is 9.98. The van der Waals surface area contributed by atoms with Crippen LogP contribution in [0.25, 0.3) is 44.3 Å². The Hall–Kier alpha value is -6.01. The van der Waals surface area contributed by atoms with Crippen molar-refractivity contribution in [3.63, 3.8) is 0 Å². The largest absolute Gasteiger partial charge is 0.453 e. The number of ether oxygens (including phenoxy) is 1. The third-order valence-corrected chi connectivity index (χ3v) is 13.1. The van der Waals surface area contributed by atoms with E-state index in [9.17, 15) is 14.4 Å². The van der Waals surface area contributed by atoms with Crippen molar-refractivity contribution in [2.75, 3.05) is 26.7 Å². The molecule has 0 bridgehead atoms. The Labute approximate surface area is 343 Å². The minimum Gasteiger partial charge on any atom is -0.453 e. The number of amides is 3. The normalized spacial score (nSPS) is 22.1. The van der Waals surface area contributed by atoms with Gasteiger partial charge in [0.25, 0.3) is 0 Å². The number of nitrogens with zero attached hydrogens (tertiary/aromatic N) is 5. The smallest absolute Gasteiger partial charge is 0.407 e. The van der Waals surface area contributed by atoms with Crippen LogP contribution in [0, 0.1) is 0 Å². The van der Waals surface area contributed by atoms with Gasteiger partial charge in [0.2, 0.25) is 11.8 Å². The van der Waals surface area contributed by atoms with Crippen LogP contribution < -0.4 is 5.32 Å². The topological polar surface area (TPSA) is 140 Å². The second-order valence-corrected chi connectivity index (χ2v) is 16.7. The van der Waals surface area contributed by atoms with Crippen LogP contribution in [0.3, 0.4) is 0 Å². The number of piperidine rings is 1. The molecule has 0 saturated carbocycles. The highest BCUT2D eigenvalue weighted by molar-refractivity contribution is 5.88. The number of aromatic nitrogens is 4. The van der Waals surface area contributed by atoms with Gasteiger partial charge >= 0.3 is 6.09 Å². The molecule has 2 aromatic heterocycles. The summed E-state index contributed by atoms with van der Waals surface area (Å²) in [6, 6.07) is 28.9. The number of carbonyl (C=O) groups is 3. The Morgan fingerprint density at radius 3 is 1.98 bits per heavy atom. The van der Waals surface area contributed by atoms with Gasteiger partial charge in [-0.3, -0.25) is 14.5 Å². The minimum absolute atomic E-state index is 0.0586. The van der Waals surface area contributed by atoms with Gasteiger partial charge < -0.3 is 29.8 Å². The van der Waals surface area contributed by atoms with Crippen molar-refractivity contribution < 1.29 is 19.1 Å². The lowest BCUT2D eigenvalue weighted by Gasteiger charge is -2.37. The first-order chi connectivity index (χ1) is 28.9. The van der Waals surface area contributed by atoms with Gasteiger partial charge in [-0.25, -0.2) is 14.8 Å².